The predicted octanol–water partition coefficient (Wildman–Crippen LogP) is 3.07. The number of hydrogen-bond donors (Lipinski definition) is 4. The average molecular weight is 269 g/mol. The fourth-order valence-corrected chi connectivity index (χ4v) is 1.89. The number of fused-ring (bicyclic) bond motifs is 1. The van der Waals surface area contributed by atoms with Crippen LogP contribution in [0.5, 0.6) is 0 Å². The number of aryl methyl sites for hydroxylation is 1. The summed E-state index contributed by atoms with van der Waals surface area (Å²) in [6.07, 6.45) is 1.73. The maximum Gasteiger partial charge on any atom is 0.137 e. The molecule has 104 valence electrons. The fourth-order valence-electron chi connectivity index (χ4n) is 1.89. The van der Waals surface area contributed by atoms with Crippen LogP contribution in [0.2, 0.25) is 0 Å². The van der Waals surface area contributed by atoms with Gasteiger partial charge in [-0.25, -0.2) is 4.98 Å². The van der Waals surface area contributed by atoms with Crippen molar-refractivity contribution in [3.63, 3.8) is 0 Å². The van der Waals surface area contributed by atoms with Crippen LogP contribution >= 0.6 is 0 Å². The molecule has 0 radical (unpaired) electrons. The molecule has 0 aromatic carbocycles. The van der Waals surface area contributed by atoms with Crippen molar-refractivity contribution in [1.82, 2.24) is 9.97 Å². The highest BCUT2D eigenvalue weighted by Gasteiger charge is 2.06. The van der Waals surface area contributed by atoms with Gasteiger partial charge in [-0.05, 0) is 38.5 Å². The minimum Gasteiger partial charge on any atom is -0.397 e. The maximum atomic E-state index is 7.59. The highest BCUT2D eigenvalue weighted by atomic mass is 14.9. The van der Waals surface area contributed by atoms with E-state index in [1.54, 1.807) is 13.1 Å². The summed E-state index contributed by atoms with van der Waals surface area (Å²) in [6, 6.07) is 4.01. The van der Waals surface area contributed by atoms with Crippen LogP contribution in [0.15, 0.2) is 41.9 Å². The topological polar surface area (TPSA) is 90.6 Å². The first-order chi connectivity index (χ1) is 9.38. The van der Waals surface area contributed by atoms with Gasteiger partial charge in [-0.2, -0.15) is 0 Å². The Kier molecular flexibility index (Phi) is 3.61. The molecular formula is C15H19N5. The quantitative estimate of drug-likeness (QED) is 0.508. The van der Waals surface area contributed by atoms with E-state index in [-0.39, 0.29) is 0 Å². The van der Waals surface area contributed by atoms with Gasteiger partial charge in [0.25, 0.3) is 0 Å². The van der Waals surface area contributed by atoms with E-state index in [0.29, 0.717) is 22.7 Å². The van der Waals surface area contributed by atoms with Crippen LogP contribution < -0.4 is 11.1 Å². The average Bonchev–Trinajstić information content (AvgIpc) is 2.76. The number of nitrogens with one attached hydrogen (secondary N) is 3. The largest absolute Gasteiger partial charge is 0.397 e. The maximum absolute atomic E-state index is 7.59. The number of aromatic nitrogens is 2. The number of pyridine rings is 1. The number of allylic oxidation sites excluding steroid dienone is 1. The molecule has 0 bridgehead atoms. The molecule has 5 nitrogen and oxygen atoms in total. The summed E-state index contributed by atoms with van der Waals surface area (Å²) in [5.74, 6) is 0. The minimum absolute atomic E-state index is 0.431. The third-order valence-corrected chi connectivity index (χ3v) is 3.19. The van der Waals surface area contributed by atoms with Crippen molar-refractivity contribution in [1.29, 1.82) is 5.41 Å². The predicted molar refractivity (Wildman–Crippen MR) is 83.9 cm³/mol. The molecule has 0 unspecified atom stereocenters. The third-order valence-electron chi connectivity index (χ3n) is 3.19. The molecule has 0 atom stereocenters. The molecule has 2 aromatic rings. The second kappa shape index (κ2) is 5.21. The molecule has 0 fully saturated rings. The molecule has 20 heavy (non-hydrogen) atoms. The first-order valence-corrected chi connectivity index (χ1v) is 6.32. The molecule has 5 N–H and O–H groups in total. The van der Waals surface area contributed by atoms with Gasteiger partial charge in [-0.3, -0.25) is 0 Å². The van der Waals surface area contributed by atoms with Gasteiger partial charge in [-0.15, -0.1) is 0 Å². The standard InChI is InChI=1S/C15H19N5/c1-8-5-12-6-13(7-18-15(12)19-8)20-11(4)14(17)9(2)10(3)16/h5-7,16,20H,4,17H2,1-3H3,(H,18,19)/b14-9-,16-10?. The Labute approximate surface area is 118 Å². The van der Waals surface area contributed by atoms with Crippen LogP contribution in [0.3, 0.4) is 0 Å². The first kappa shape index (κ1) is 13.9. The van der Waals surface area contributed by atoms with Gasteiger partial charge < -0.3 is 21.4 Å². The van der Waals surface area contributed by atoms with Crippen molar-refractivity contribution in [2.75, 3.05) is 5.32 Å². The van der Waals surface area contributed by atoms with Crippen LogP contribution in [0.4, 0.5) is 5.69 Å². The van der Waals surface area contributed by atoms with Crippen LogP contribution in [-0.4, -0.2) is 15.7 Å². The minimum atomic E-state index is 0.431. The molecule has 0 aliphatic rings. The van der Waals surface area contributed by atoms with E-state index in [1.165, 1.54) is 0 Å². The molecule has 2 heterocycles. The van der Waals surface area contributed by atoms with Crippen LogP contribution in [0.1, 0.15) is 19.5 Å². The van der Waals surface area contributed by atoms with E-state index < -0.39 is 0 Å². The highest BCUT2D eigenvalue weighted by molar-refractivity contribution is 5.96. The van der Waals surface area contributed by atoms with Crippen molar-refractivity contribution in [3.05, 3.63) is 47.6 Å². The van der Waals surface area contributed by atoms with Crippen molar-refractivity contribution in [2.45, 2.75) is 20.8 Å². The Morgan fingerprint density at radius 1 is 1.40 bits per heavy atom. The number of rotatable bonds is 4. The van der Waals surface area contributed by atoms with E-state index in [2.05, 4.69) is 21.9 Å². The number of H-pyrrole nitrogens is 1. The zero-order valence-electron chi connectivity index (χ0n) is 12.0. The fraction of sp³-hybridized carbons (Fsp3) is 0.200. The van der Waals surface area contributed by atoms with Crippen LogP contribution in [0.25, 0.3) is 11.0 Å². The number of aromatic amines is 1. The Hall–Kier alpha value is -2.56. The smallest absolute Gasteiger partial charge is 0.137 e. The summed E-state index contributed by atoms with van der Waals surface area (Å²) in [5.41, 5.74) is 10.9. The van der Waals surface area contributed by atoms with Gasteiger partial charge in [0.05, 0.1) is 23.3 Å². The third kappa shape index (κ3) is 2.71. The monoisotopic (exact) mass is 269 g/mol. The lowest BCUT2D eigenvalue weighted by molar-refractivity contribution is 1.22. The first-order valence-electron chi connectivity index (χ1n) is 6.32. The zero-order chi connectivity index (χ0) is 14.9. The van der Waals surface area contributed by atoms with Gasteiger partial charge in [0.15, 0.2) is 0 Å². The van der Waals surface area contributed by atoms with Crippen LogP contribution in [0, 0.1) is 12.3 Å². The molecule has 2 aromatic heterocycles. The van der Waals surface area contributed by atoms with E-state index in [4.69, 9.17) is 11.1 Å². The molecule has 0 amide bonds. The Morgan fingerprint density at radius 2 is 2.10 bits per heavy atom. The van der Waals surface area contributed by atoms with E-state index >= 15 is 0 Å². The summed E-state index contributed by atoms with van der Waals surface area (Å²) in [6.45, 7) is 9.41. The molecule has 0 spiro atoms. The number of hydrogen-bond acceptors (Lipinski definition) is 4. The Balaban J connectivity index is 2.25. The molecular weight excluding hydrogens is 250 g/mol. The van der Waals surface area contributed by atoms with Gasteiger partial charge in [-0.1, -0.05) is 6.58 Å². The van der Waals surface area contributed by atoms with E-state index in [9.17, 15) is 0 Å². The Morgan fingerprint density at radius 3 is 2.75 bits per heavy atom. The lowest BCUT2D eigenvalue weighted by Gasteiger charge is -2.12. The molecule has 0 aliphatic carbocycles. The molecule has 0 aliphatic heterocycles. The number of nitrogens with zero attached hydrogens (tertiary/aromatic N) is 1. The van der Waals surface area contributed by atoms with Crippen molar-refractivity contribution in [2.24, 2.45) is 5.73 Å². The zero-order valence-corrected chi connectivity index (χ0v) is 12.0. The SMILES string of the molecule is C=C(Nc1cnc2[nH]c(C)cc2c1)/C(N)=C(\C)C(C)=N. The van der Waals surface area contributed by atoms with E-state index in [1.807, 2.05) is 26.0 Å². The summed E-state index contributed by atoms with van der Waals surface area (Å²) < 4.78 is 0. The van der Waals surface area contributed by atoms with Gasteiger partial charge in [0.1, 0.15) is 5.65 Å². The van der Waals surface area contributed by atoms with Crippen molar-refractivity contribution >= 4 is 22.4 Å². The molecule has 5 heteroatoms. The van der Waals surface area contributed by atoms with E-state index in [0.717, 1.165) is 22.4 Å². The summed E-state index contributed by atoms with van der Waals surface area (Å²) in [4.78, 5) is 7.51. The van der Waals surface area contributed by atoms with Crippen molar-refractivity contribution < 1.29 is 0 Å². The Bertz CT molecular complexity index is 721. The molecule has 2 rings (SSSR count). The summed E-state index contributed by atoms with van der Waals surface area (Å²) in [5, 5.41) is 11.8. The summed E-state index contributed by atoms with van der Waals surface area (Å²) in [7, 11) is 0. The van der Waals surface area contributed by atoms with Gasteiger partial charge in [0, 0.05) is 16.8 Å². The van der Waals surface area contributed by atoms with Crippen LogP contribution in [-0.2, 0) is 0 Å². The molecule has 0 saturated heterocycles. The number of anilines is 1. The second-order valence-corrected chi connectivity index (χ2v) is 4.88. The summed E-state index contributed by atoms with van der Waals surface area (Å²) >= 11 is 0. The van der Waals surface area contributed by atoms with Gasteiger partial charge >= 0.3 is 0 Å². The lowest BCUT2D eigenvalue weighted by Crippen LogP contribution is -2.13. The highest BCUT2D eigenvalue weighted by Crippen LogP contribution is 2.19. The normalized spacial score (nSPS) is 12.2. The lowest BCUT2D eigenvalue weighted by atomic mass is 10.1. The second-order valence-electron chi connectivity index (χ2n) is 4.88. The number of nitrogens with two attached hydrogens (primary N) is 1. The van der Waals surface area contributed by atoms with Gasteiger partial charge in [0.2, 0.25) is 0 Å². The molecule has 0 saturated carbocycles. The van der Waals surface area contributed by atoms with Crippen molar-refractivity contribution in [3.8, 4) is 0 Å².